The molecule has 0 aromatic rings. The summed E-state index contributed by atoms with van der Waals surface area (Å²) in [4.78, 5) is 0. The number of likely N-dealkylation sites (N-methyl/N-ethyl adjacent to an activating group) is 1. The van der Waals surface area contributed by atoms with Crippen LogP contribution < -0.4 is 11.1 Å². The van der Waals surface area contributed by atoms with Crippen molar-refractivity contribution < 1.29 is 0 Å². The van der Waals surface area contributed by atoms with Crippen LogP contribution in [-0.2, 0) is 0 Å². The van der Waals surface area contributed by atoms with E-state index in [9.17, 15) is 0 Å². The Morgan fingerprint density at radius 3 is 2.45 bits per heavy atom. The highest BCUT2D eigenvalue weighted by Crippen LogP contribution is 2.11. The zero-order valence-corrected chi connectivity index (χ0v) is 8.06. The molecular formula is C9H22N2. The van der Waals surface area contributed by atoms with E-state index in [0.29, 0.717) is 6.04 Å². The first-order valence-electron chi connectivity index (χ1n) is 4.61. The summed E-state index contributed by atoms with van der Waals surface area (Å²) in [6.45, 7) is 5.28. The van der Waals surface area contributed by atoms with Gasteiger partial charge in [0.2, 0.25) is 0 Å². The summed E-state index contributed by atoms with van der Waals surface area (Å²) in [6, 6.07) is 0.511. The second kappa shape index (κ2) is 6.62. The lowest BCUT2D eigenvalue weighted by atomic mass is 9.97. The molecular weight excluding hydrogens is 136 g/mol. The minimum absolute atomic E-state index is 0.511. The van der Waals surface area contributed by atoms with Crippen molar-refractivity contribution in [2.24, 2.45) is 11.7 Å². The Morgan fingerprint density at radius 1 is 1.45 bits per heavy atom. The number of hydrogen-bond donors (Lipinski definition) is 2. The van der Waals surface area contributed by atoms with Gasteiger partial charge in [-0.05, 0) is 19.4 Å². The van der Waals surface area contributed by atoms with Crippen LogP contribution in [0.1, 0.15) is 33.1 Å². The second-order valence-electron chi connectivity index (χ2n) is 3.35. The predicted molar refractivity (Wildman–Crippen MR) is 50.6 cm³/mol. The zero-order chi connectivity index (χ0) is 8.69. The van der Waals surface area contributed by atoms with Crippen LogP contribution in [0, 0.1) is 5.92 Å². The molecule has 0 aliphatic heterocycles. The first-order chi connectivity index (χ1) is 5.24. The highest BCUT2D eigenvalue weighted by molar-refractivity contribution is 4.68. The van der Waals surface area contributed by atoms with Crippen LogP contribution >= 0.6 is 0 Å². The monoisotopic (exact) mass is 158 g/mol. The number of nitrogens with two attached hydrogens (primary N) is 1. The van der Waals surface area contributed by atoms with Crippen molar-refractivity contribution in [3.63, 3.8) is 0 Å². The fraction of sp³-hybridized carbons (Fsp3) is 1.00. The normalized spacial score (nSPS) is 16.4. The van der Waals surface area contributed by atoms with Crippen LogP contribution in [0.25, 0.3) is 0 Å². The standard InChI is InChI=1S/C9H22N2/c1-4-5-8(2)6-9(7-10)11-3/h8-9,11H,4-7,10H2,1-3H3. The molecule has 2 unspecified atom stereocenters. The Morgan fingerprint density at radius 2 is 2.09 bits per heavy atom. The minimum Gasteiger partial charge on any atom is -0.329 e. The topological polar surface area (TPSA) is 38.0 Å². The molecule has 0 aliphatic rings. The zero-order valence-electron chi connectivity index (χ0n) is 8.06. The summed E-state index contributed by atoms with van der Waals surface area (Å²) in [6.07, 6.45) is 3.81. The number of rotatable bonds is 6. The van der Waals surface area contributed by atoms with Crippen molar-refractivity contribution in [1.82, 2.24) is 5.32 Å². The maximum absolute atomic E-state index is 5.57. The van der Waals surface area contributed by atoms with Crippen LogP contribution in [0.4, 0.5) is 0 Å². The molecule has 0 fully saturated rings. The molecule has 0 heterocycles. The van der Waals surface area contributed by atoms with Gasteiger partial charge in [-0.3, -0.25) is 0 Å². The van der Waals surface area contributed by atoms with E-state index in [2.05, 4.69) is 19.2 Å². The van der Waals surface area contributed by atoms with Gasteiger partial charge in [-0.1, -0.05) is 26.7 Å². The second-order valence-corrected chi connectivity index (χ2v) is 3.35. The first-order valence-corrected chi connectivity index (χ1v) is 4.61. The van der Waals surface area contributed by atoms with Crippen molar-refractivity contribution in [2.75, 3.05) is 13.6 Å². The lowest BCUT2D eigenvalue weighted by Crippen LogP contribution is -2.34. The molecule has 0 aromatic carbocycles. The molecule has 3 N–H and O–H groups in total. The smallest absolute Gasteiger partial charge is 0.0189 e. The van der Waals surface area contributed by atoms with Gasteiger partial charge in [0.25, 0.3) is 0 Å². The Bertz CT molecular complexity index is 79.6. The third kappa shape index (κ3) is 5.22. The molecule has 2 nitrogen and oxygen atoms in total. The van der Waals surface area contributed by atoms with Crippen molar-refractivity contribution in [2.45, 2.75) is 39.2 Å². The molecule has 68 valence electrons. The van der Waals surface area contributed by atoms with Gasteiger partial charge in [0.05, 0.1) is 0 Å². The third-order valence-electron chi connectivity index (χ3n) is 2.16. The number of nitrogens with one attached hydrogen (secondary N) is 1. The summed E-state index contributed by atoms with van der Waals surface area (Å²) in [5, 5.41) is 3.22. The van der Waals surface area contributed by atoms with Crippen LogP contribution in [-0.4, -0.2) is 19.6 Å². The van der Waals surface area contributed by atoms with E-state index in [1.807, 2.05) is 7.05 Å². The fourth-order valence-corrected chi connectivity index (χ4v) is 1.43. The van der Waals surface area contributed by atoms with E-state index < -0.39 is 0 Å². The lowest BCUT2D eigenvalue weighted by molar-refractivity contribution is 0.403. The Kier molecular flexibility index (Phi) is 6.57. The molecule has 2 atom stereocenters. The average Bonchev–Trinajstić information content (AvgIpc) is 2.01. The van der Waals surface area contributed by atoms with E-state index in [1.165, 1.54) is 19.3 Å². The Hall–Kier alpha value is -0.0800. The van der Waals surface area contributed by atoms with Gasteiger partial charge in [0.15, 0.2) is 0 Å². The maximum Gasteiger partial charge on any atom is 0.0189 e. The summed E-state index contributed by atoms with van der Waals surface area (Å²) in [7, 11) is 1.98. The van der Waals surface area contributed by atoms with Gasteiger partial charge in [-0.25, -0.2) is 0 Å². The van der Waals surface area contributed by atoms with Gasteiger partial charge >= 0.3 is 0 Å². The van der Waals surface area contributed by atoms with Crippen molar-refractivity contribution >= 4 is 0 Å². The molecule has 0 rings (SSSR count). The first kappa shape index (κ1) is 10.9. The number of hydrogen-bond acceptors (Lipinski definition) is 2. The van der Waals surface area contributed by atoms with E-state index in [-0.39, 0.29) is 0 Å². The highest BCUT2D eigenvalue weighted by Gasteiger charge is 2.08. The van der Waals surface area contributed by atoms with Gasteiger partial charge in [-0.15, -0.1) is 0 Å². The Labute approximate surface area is 70.5 Å². The molecule has 0 saturated carbocycles. The minimum atomic E-state index is 0.511. The van der Waals surface area contributed by atoms with Gasteiger partial charge < -0.3 is 11.1 Å². The van der Waals surface area contributed by atoms with Crippen molar-refractivity contribution in [3.8, 4) is 0 Å². The summed E-state index contributed by atoms with van der Waals surface area (Å²) >= 11 is 0. The molecule has 0 radical (unpaired) electrons. The SMILES string of the molecule is CCCC(C)CC(CN)NC. The van der Waals surface area contributed by atoms with E-state index in [1.54, 1.807) is 0 Å². The van der Waals surface area contributed by atoms with Crippen molar-refractivity contribution in [3.05, 3.63) is 0 Å². The van der Waals surface area contributed by atoms with Gasteiger partial charge in [-0.2, -0.15) is 0 Å². The summed E-state index contributed by atoms with van der Waals surface area (Å²) in [5.41, 5.74) is 5.57. The van der Waals surface area contributed by atoms with E-state index in [4.69, 9.17) is 5.73 Å². The van der Waals surface area contributed by atoms with E-state index >= 15 is 0 Å². The highest BCUT2D eigenvalue weighted by atomic mass is 14.9. The molecule has 0 amide bonds. The average molecular weight is 158 g/mol. The molecule has 0 spiro atoms. The van der Waals surface area contributed by atoms with Crippen LogP contribution in [0.5, 0.6) is 0 Å². The maximum atomic E-state index is 5.57. The largest absolute Gasteiger partial charge is 0.329 e. The summed E-state index contributed by atoms with van der Waals surface area (Å²) in [5.74, 6) is 0.806. The van der Waals surface area contributed by atoms with Crippen LogP contribution in [0.2, 0.25) is 0 Å². The van der Waals surface area contributed by atoms with Gasteiger partial charge in [0, 0.05) is 12.6 Å². The molecule has 11 heavy (non-hydrogen) atoms. The Balaban J connectivity index is 3.44. The molecule has 0 aromatic heterocycles. The predicted octanol–water partition coefficient (Wildman–Crippen LogP) is 1.36. The lowest BCUT2D eigenvalue weighted by Gasteiger charge is -2.18. The summed E-state index contributed by atoms with van der Waals surface area (Å²) < 4.78 is 0. The van der Waals surface area contributed by atoms with Crippen LogP contribution in [0.15, 0.2) is 0 Å². The quantitative estimate of drug-likeness (QED) is 0.612. The van der Waals surface area contributed by atoms with Crippen LogP contribution in [0.3, 0.4) is 0 Å². The molecule has 0 saturated heterocycles. The van der Waals surface area contributed by atoms with Gasteiger partial charge in [0.1, 0.15) is 0 Å². The van der Waals surface area contributed by atoms with E-state index in [0.717, 1.165) is 12.5 Å². The fourth-order valence-electron chi connectivity index (χ4n) is 1.43. The molecule has 0 aliphatic carbocycles. The molecule has 0 bridgehead atoms. The molecule has 2 heteroatoms. The van der Waals surface area contributed by atoms with Crippen molar-refractivity contribution in [1.29, 1.82) is 0 Å². The third-order valence-corrected chi connectivity index (χ3v) is 2.16.